The lowest BCUT2D eigenvalue weighted by molar-refractivity contribution is 0.102. The van der Waals surface area contributed by atoms with E-state index in [1.54, 1.807) is 23.3 Å². The van der Waals surface area contributed by atoms with Crippen molar-refractivity contribution in [2.75, 3.05) is 11.9 Å². The van der Waals surface area contributed by atoms with E-state index in [-0.39, 0.29) is 5.91 Å². The van der Waals surface area contributed by atoms with Crippen LogP contribution in [0.5, 0.6) is 5.75 Å². The highest BCUT2D eigenvalue weighted by Gasteiger charge is 2.19. The third kappa shape index (κ3) is 4.38. The zero-order valence-corrected chi connectivity index (χ0v) is 16.7. The number of hydrogen-bond acceptors (Lipinski definition) is 4. The molecular weight excluding hydrogens is 376 g/mol. The molecule has 0 saturated heterocycles. The van der Waals surface area contributed by atoms with Gasteiger partial charge in [-0.15, -0.1) is 0 Å². The summed E-state index contributed by atoms with van der Waals surface area (Å²) < 4.78 is 7.37. The molecule has 0 unspecified atom stereocenters. The quantitative estimate of drug-likeness (QED) is 0.477. The van der Waals surface area contributed by atoms with Crippen molar-refractivity contribution in [2.45, 2.75) is 13.3 Å². The van der Waals surface area contributed by atoms with Crippen molar-refractivity contribution in [1.29, 1.82) is 0 Å². The number of anilines is 1. The number of rotatable bonds is 7. The number of ether oxygens (including phenoxy) is 1. The molecule has 0 aliphatic carbocycles. The maximum atomic E-state index is 13.2. The molecule has 2 aromatic heterocycles. The van der Waals surface area contributed by atoms with Crippen LogP contribution < -0.4 is 10.1 Å². The fourth-order valence-electron chi connectivity index (χ4n) is 3.05. The Morgan fingerprint density at radius 3 is 2.70 bits per heavy atom. The number of aromatic nitrogens is 3. The van der Waals surface area contributed by atoms with Crippen LogP contribution in [0.3, 0.4) is 0 Å². The Bertz CT molecular complexity index is 1120. The summed E-state index contributed by atoms with van der Waals surface area (Å²) in [6, 6.07) is 20.8. The predicted octanol–water partition coefficient (Wildman–Crippen LogP) is 4.98. The second-order valence-corrected chi connectivity index (χ2v) is 6.74. The summed E-state index contributed by atoms with van der Waals surface area (Å²) in [5, 5.41) is 7.62. The normalized spacial score (nSPS) is 10.6. The van der Waals surface area contributed by atoms with E-state index in [4.69, 9.17) is 4.74 Å². The van der Waals surface area contributed by atoms with Crippen LogP contribution in [-0.2, 0) is 0 Å². The maximum Gasteiger partial charge on any atom is 0.259 e. The number of nitrogens with one attached hydrogen (secondary N) is 1. The summed E-state index contributed by atoms with van der Waals surface area (Å²) in [5.74, 6) is 0.478. The molecule has 0 saturated carbocycles. The van der Waals surface area contributed by atoms with Crippen LogP contribution in [0.2, 0.25) is 0 Å². The minimum atomic E-state index is -0.247. The average molecular weight is 398 g/mol. The maximum absolute atomic E-state index is 13.2. The van der Waals surface area contributed by atoms with Gasteiger partial charge in [-0.1, -0.05) is 31.2 Å². The van der Waals surface area contributed by atoms with E-state index in [1.165, 1.54) is 0 Å². The Balaban J connectivity index is 1.67. The lowest BCUT2D eigenvalue weighted by Crippen LogP contribution is -2.12. The zero-order valence-electron chi connectivity index (χ0n) is 16.7. The molecule has 0 atom stereocenters. The fourth-order valence-corrected chi connectivity index (χ4v) is 3.05. The molecule has 0 aliphatic heterocycles. The predicted molar refractivity (Wildman–Crippen MR) is 117 cm³/mol. The summed E-state index contributed by atoms with van der Waals surface area (Å²) in [7, 11) is 0. The molecule has 30 heavy (non-hydrogen) atoms. The number of para-hydroxylation sites is 1. The molecule has 150 valence electrons. The van der Waals surface area contributed by atoms with E-state index in [1.807, 2.05) is 66.7 Å². The first kappa shape index (κ1) is 19.4. The van der Waals surface area contributed by atoms with Gasteiger partial charge in [0.1, 0.15) is 11.4 Å². The minimum absolute atomic E-state index is 0.247. The molecule has 2 aromatic carbocycles. The highest BCUT2D eigenvalue weighted by molar-refractivity contribution is 6.08. The molecule has 0 fully saturated rings. The number of amides is 1. The number of carbonyl (C=O) groups excluding carboxylic acids is 1. The Kier molecular flexibility index (Phi) is 5.85. The fraction of sp³-hybridized carbons (Fsp3) is 0.125. The average Bonchev–Trinajstić information content (AvgIpc) is 3.25. The van der Waals surface area contributed by atoms with Gasteiger partial charge in [-0.2, -0.15) is 5.10 Å². The molecule has 4 aromatic rings. The minimum Gasteiger partial charge on any atom is -0.494 e. The van der Waals surface area contributed by atoms with Gasteiger partial charge in [-0.25, -0.2) is 4.68 Å². The summed E-state index contributed by atoms with van der Waals surface area (Å²) in [5.41, 5.74) is 3.35. The van der Waals surface area contributed by atoms with Crippen LogP contribution in [0.15, 0.2) is 85.3 Å². The van der Waals surface area contributed by atoms with Crippen molar-refractivity contribution in [1.82, 2.24) is 14.8 Å². The SMILES string of the molecule is CCCOc1cccc(NC(=O)c2cn(-c3ccccc3)nc2-c2cccnc2)c1. The highest BCUT2D eigenvalue weighted by atomic mass is 16.5. The van der Waals surface area contributed by atoms with Crippen molar-refractivity contribution >= 4 is 11.6 Å². The van der Waals surface area contributed by atoms with E-state index in [0.717, 1.165) is 23.4 Å². The Morgan fingerprint density at radius 1 is 1.07 bits per heavy atom. The van der Waals surface area contributed by atoms with Crippen LogP contribution in [0.1, 0.15) is 23.7 Å². The molecule has 1 amide bonds. The topological polar surface area (TPSA) is 69.0 Å². The molecular formula is C24H22N4O2. The monoisotopic (exact) mass is 398 g/mol. The summed E-state index contributed by atoms with van der Waals surface area (Å²) in [6.45, 7) is 2.68. The first-order valence-corrected chi connectivity index (χ1v) is 9.84. The lowest BCUT2D eigenvalue weighted by Gasteiger charge is -2.08. The standard InChI is InChI=1S/C24H22N4O2/c1-2-14-30-21-12-6-9-19(15-21)26-24(29)22-17-28(20-10-4-3-5-11-20)27-23(22)18-8-7-13-25-16-18/h3-13,15-17H,2,14H2,1H3,(H,26,29). The highest BCUT2D eigenvalue weighted by Crippen LogP contribution is 2.25. The van der Waals surface area contributed by atoms with Crippen molar-refractivity contribution in [3.63, 3.8) is 0 Å². The van der Waals surface area contributed by atoms with Crippen LogP contribution >= 0.6 is 0 Å². The second kappa shape index (κ2) is 9.05. The molecule has 0 radical (unpaired) electrons. The molecule has 1 N–H and O–H groups in total. The molecule has 6 nitrogen and oxygen atoms in total. The zero-order chi connectivity index (χ0) is 20.8. The molecule has 0 spiro atoms. The Hall–Kier alpha value is -3.93. The number of carbonyl (C=O) groups is 1. The second-order valence-electron chi connectivity index (χ2n) is 6.74. The third-order valence-corrected chi connectivity index (χ3v) is 4.48. The van der Waals surface area contributed by atoms with Gasteiger partial charge in [-0.3, -0.25) is 9.78 Å². The number of hydrogen-bond donors (Lipinski definition) is 1. The van der Waals surface area contributed by atoms with Crippen molar-refractivity contribution in [2.24, 2.45) is 0 Å². The van der Waals surface area contributed by atoms with E-state index in [2.05, 4.69) is 22.3 Å². The summed E-state index contributed by atoms with van der Waals surface area (Å²) in [6.07, 6.45) is 6.06. The first-order chi connectivity index (χ1) is 14.7. The van der Waals surface area contributed by atoms with E-state index in [9.17, 15) is 4.79 Å². The van der Waals surface area contributed by atoms with Crippen molar-refractivity contribution in [3.8, 4) is 22.7 Å². The molecule has 6 heteroatoms. The van der Waals surface area contributed by atoms with Crippen molar-refractivity contribution in [3.05, 3.63) is 90.9 Å². The summed E-state index contributed by atoms with van der Waals surface area (Å²) >= 11 is 0. The summed E-state index contributed by atoms with van der Waals surface area (Å²) in [4.78, 5) is 17.3. The van der Waals surface area contributed by atoms with Crippen LogP contribution in [0.4, 0.5) is 5.69 Å². The molecule has 2 heterocycles. The van der Waals surface area contributed by atoms with Crippen molar-refractivity contribution < 1.29 is 9.53 Å². The number of pyridine rings is 1. The van der Waals surface area contributed by atoms with Gasteiger partial charge in [0.25, 0.3) is 5.91 Å². The van der Waals surface area contributed by atoms with Gasteiger partial charge in [0.05, 0.1) is 17.9 Å². The molecule has 0 aliphatic rings. The van der Waals surface area contributed by atoms with E-state index < -0.39 is 0 Å². The van der Waals surface area contributed by atoms with Gasteiger partial charge in [0, 0.05) is 35.9 Å². The van der Waals surface area contributed by atoms with Gasteiger partial charge in [0.15, 0.2) is 0 Å². The first-order valence-electron chi connectivity index (χ1n) is 9.84. The Labute approximate surface area is 175 Å². The van der Waals surface area contributed by atoms with Gasteiger partial charge < -0.3 is 10.1 Å². The molecule has 0 bridgehead atoms. The number of nitrogens with zero attached hydrogens (tertiary/aromatic N) is 3. The van der Waals surface area contributed by atoms with Crippen LogP contribution in [0.25, 0.3) is 16.9 Å². The Morgan fingerprint density at radius 2 is 1.93 bits per heavy atom. The largest absolute Gasteiger partial charge is 0.494 e. The lowest BCUT2D eigenvalue weighted by atomic mass is 10.1. The molecule has 4 rings (SSSR count). The van der Waals surface area contributed by atoms with Crippen LogP contribution in [-0.4, -0.2) is 27.3 Å². The number of benzene rings is 2. The van der Waals surface area contributed by atoms with E-state index in [0.29, 0.717) is 23.6 Å². The van der Waals surface area contributed by atoms with Gasteiger partial charge >= 0.3 is 0 Å². The van der Waals surface area contributed by atoms with Crippen LogP contribution in [0, 0.1) is 0 Å². The van der Waals surface area contributed by atoms with Gasteiger partial charge in [-0.05, 0) is 42.8 Å². The van der Waals surface area contributed by atoms with Gasteiger partial charge in [0.2, 0.25) is 0 Å². The smallest absolute Gasteiger partial charge is 0.259 e. The van der Waals surface area contributed by atoms with E-state index >= 15 is 0 Å². The third-order valence-electron chi connectivity index (χ3n) is 4.48.